The van der Waals surface area contributed by atoms with Gasteiger partial charge >= 0.3 is 0 Å². The fourth-order valence-electron chi connectivity index (χ4n) is 1.26. The molecule has 0 amide bonds. The highest BCUT2D eigenvalue weighted by atomic mass is 16.5. The molecule has 0 bridgehead atoms. The van der Waals surface area contributed by atoms with Crippen LogP contribution in [0.2, 0.25) is 0 Å². The lowest BCUT2D eigenvalue weighted by Crippen LogP contribution is -2.34. The molecular formula is C12H24N2O3. The standard InChI is InChI=1S/C12H24N2O3/c1-12(2)14(5-4-13)6-7-16-10-11-17-9-8-15-3/h12H,5-11H2,1-3H3. The summed E-state index contributed by atoms with van der Waals surface area (Å²) in [6.07, 6.45) is 0. The van der Waals surface area contributed by atoms with Gasteiger partial charge in [0, 0.05) is 19.7 Å². The first-order valence-corrected chi connectivity index (χ1v) is 5.97. The number of nitriles is 1. The van der Waals surface area contributed by atoms with E-state index in [-0.39, 0.29) is 0 Å². The summed E-state index contributed by atoms with van der Waals surface area (Å²) in [5, 5.41) is 8.64. The third kappa shape index (κ3) is 10.2. The summed E-state index contributed by atoms with van der Waals surface area (Å²) < 4.78 is 15.5. The Hall–Kier alpha value is -0.670. The molecule has 0 heterocycles. The second-order valence-corrected chi connectivity index (χ2v) is 3.94. The number of methoxy groups -OCH3 is 1. The van der Waals surface area contributed by atoms with Crippen molar-refractivity contribution >= 4 is 0 Å². The average molecular weight is 244 g/mol. The SMILES string of the molecule is COCCOCCOCCN(CC#N)C(C)C. The van der Waals surface area contributed by atoms with Crippen molar-refractivity contribution < 1.29 is 14.2 Å². The molecule has 17 heavy (non-hydrogen) atoms. The van der Waals surface area contributed by atoms with Gasteiger partial charge in [-0.1, -0.05) is 0 Å². The highest BCUT2D eigenvalue weighted by Crippen LogP contribution is 1.96. The summed E-state index contributed by atoms with van der Waals surface area (Å²) in [6.45, 7) is 8.40. The van der Waals surface area contributed by atoms with E-state index in [0.717, 1.165) is 6.54 Å². The van der Waals surface area contributed by atoms with Crippen molar-refractivity contribution in [3.63, 3.8) is 0 Å². The van der Waals surface area contributed by atoms with Crippen molar-refractivity contribution in [2.75, 3.05) is 53.2 Å². The Morgan fingerprint density at radius 3 is 2.18 bits per heavy atom. The van der Waals surface area contributed by atoms with Gasteiger partial charge in [-0.05, 0) is 13.8 Å². The number of rotatable bonds is 11. The quantitative estimate of drug-likeness (QED) is 0.399. The van der Waals surface area contributed by atoms with E-state index in [1.165, 1.54) is 0 Å². The van der Waals surface area contributed by atoms with Gasteiger partial charge in [0.2, 0.25) is 0 Å². The van der Waals surface area contributed by atoms with Crippen LogP contribution in [0, 0.1) is 11.3 Å². The van der Waals surface area contributed by atoms with Crippen LogP contribution in [0.3, 0.4) is 0 Å². The molecule has 0 saturated carbocycles. The second-order valence-electron chi connectivity index (χ2n) is 3.94. The highest BCUT2D eigenvalue weighted by molar-refractivity contribution is 4.78. The molecule has 0 unspecified atom stereocenters. The largest absolute Gasteiger partial charge is 0.382 e. The first kappa shape index (κ1) is 16.3. The molecule has 0 aromatic carbocycles. The number of hydrogen-bond donors (Lipinski definition) is 0. The summed E-state index contributed by atoms with van der Waals surface area (Å²) in [5.41, 5.74) is 0. The predicted octanol–water partition coefficient (Wildman–Crippen LogP) is 0.900. The monoisotopic (exact) mass is 244 g/mol. The van der Waals surface area contributed by atoms with Crippen molar-refractivity contribution in [1.29, 1.82) is 5.26 Å². The number of ether oxygens (including phenoxy) is 3. The van der Waals surface area contributed by atoms with E-state index in [4.69, 9.17) is 19.5 Å². The lowest BCUT2D eigenvalue weighted by atomic mass is 10.3. The van der Waals surface area contributed by atoms with Gasteiger partial charge in [0.15, 0.2) is 0 Å². The van der Waals surface area contributed by atoms with Crippen molar-refractivity contribution in [2.24, 2.45) is 0 Å². The van der Waals surface area contributed by atoms with E-state index in [2.05, 4.69) is 24.8 Å². The Morgan fingerprint density at radius 1 is 1.06 bits per heavy atom. The molecule has 5 nitrogen and oxygen atoms in total. The van der Waals surface area contributed by atoms with Crippen LogP contribution in [0.25, 0.3) is 0 Å². The molecule has 0 aliphatic heterocycles. The smallest absolute Gasteiger partial charge is 0.0868 e. The third-order valence-electron chi connectivity index (χ3n) is 2.33. The minimum atomic E-state index is 0.371. The molecule has 0 fully saturated rings. The number of nitrogens with zero attached hydrogens (tertiary/aromatic N) is 2. The molecule has 0 aliphatic carbocycles. The Morgan fingerprint density at radius 2 is 1.65 bits per heavy atom. The second kappa shape index (κ2) is 11.8. The maximum absolute atomic E-state index is 8.64. The van der Waals surface area contributed by atoms with Crippen LogP contribution < -0.4 is 0 Å². The summed E-state index contributed by atoms with van der Waals surface area (Å²) >= 11 is 0. The van der Waals surface area contributed by atoms with Gasteiger partial charge in [0.05, 0.1) is 45.6 Å². The van der Waals surface area contributed by atoms with Gasteiger partial charge < -0.3 is 14.2 Å². The zero-order chi connectivity index (χ0) is 12.9. The Bertz CT molecular complexity index is 204. The molecule has 0 aromatic heterocycles. The zero-order valence-corrected chi connectivity index (χ0v) is 11.1. The van der Waals surface area contributed by atoms with E-state index in [1.54, 1.807) is 7.11 Å². The van der Waals surface area contributed by atoms with Crippen LogP contribution in [0.15, 0.2) is 0 Å². The highest BCUT2D eigenvalue weighted by Gasteiger charge is 2.07. The van der Waals surface area contributed by atoms with Crippen LogP contribution in [0.1, 0.15) is 13.8 Å². The topological polar surface area (TPSA) is 54.7 Å². The Labute approximate surface area is 104 Å². The summed E-state index contributed by atoms with van der Waals surface area (Å²) in [6, 6.07) is 2.53. The Balaban J connectivity index is 3.34. The van der Waals surface area contributed by atoms with Gasteiger partial charge in [-0.15, -0.1) is 0 Å². The molecule has 0 atom stereocenters. The van der Waals surface area contributed by atoms with E-state index < -0.39 is 0 Å². The van der Waals surface area contributed by atoms with Crippen molar-refractivity contribution in [3.05, 3.63) is 0 Å². The first-order valence-electron chi connectivity index (χ1n) is 5.97. The molecule has 0 radical (unpaired) electrons. The van der Waals surface area contributed by atoms with Crippen molar-refractivity contribution in [1.82, 2.24) is 4.90 Å². The minimum Gasteiger partial charge on any atom is -0.382 e. The van der Waals surface area contributed by atoms with Gasteiger partial charge in [0.1, 0.15) is 0 Å². The molecule has 0 saturated heterocycles. The van der Waals surface area contributed by atoms with Crippen molar-refractivity contribution in [3.8, 4) is 6.07 Å². The first-order chi connectivity index (χ1) is 8.22. The Kier molecular flexibility index (Phi) is 11.3. The molecule has 0 rings (SSSR count). The maximum Gasteiger partial charge on any atom is 0.0868 e. The maximum atomic E-state index is 8.64. The summed E-state index contributed by atoms with van der Waals surface area (Å²) in [5.74, 6) is 0. The molecule has 5 heteroatoms. The number of hydrogen-bond acceptors (Lipinski definition) is 5. The molecule has 100 valence electrons. The summed E-state index contributed by atoms with van der Waals surface area (Å²) in [4.78, 5) is 2.08. The fourth-order valence-corrected chi connectivity index (χ4v) is 1.26. The molecule has 0 spiro atoms. The van der Waals surface area contributed by atoms with E-state index >= 15 is 0 Å². The van der Waals surface area contributed by atoms with Gasteiger partial charge in [-0.2, -0.15) is 5.26 Å². The minimum absolute atomic E-state index is 0.371. The normalized spacial score (nSPS) is 11.1. The van der Waals surface area contributed by atoms with Crippen LogP contribution in [0.4, 0.5) is 0 Å². The lowest BCUT2D eigenvalue weighted by Gasteiger charge is -2.23. The van der Waals surface area contributed by atoms with Crippen LogP contribution >= 0.6 is 0 Å². The summed E-state index contributed by atoms with van der Waals surface area (Å²) in [7, 11) is 1.65. The molecular weight excluding hydrogens is 220 g/mol. The van der Waals surface area contributed by atoms with Gasteiger partial charge in [0.25, 0.3) is 0 Å². The molecule has 0 N–H and O–H groups in total. The van der Waals surface area contributed by atoms with Crippen molar-refractivity contribution in [2.45, 2.75) is 19.9 Å². The van der Waals surface area contributed by atoms with Crippen LogP contribution in [-0.4, -0.2) is 64.2 Å². The van der Waals surface area contributed by atoms with Crippen LogP contribution in [-0.2, 0) is 14.2 Å². The van der Waals surface area contributed by atoms with Gasteiger partial charge in [-0.25, -0.2) is 0 Å². The third-order valence-corrected chi connectivity index (χ3v) is 2.33. The average Bonchev–Trinajstić information content (AvgIpc) is 2.31. The predicted molar refractivity (Wildman–Crippen MR) is 65.8 cm³/mol. The molecule has 0 aromatic rings. The molecule has 0 aliphatic rings. The lowest BCUT2D eigenvalue weighted by molar-refractivity contribution is 0.0185. The van der Waals surface area contributed by atoms with E-state index in [0.29, 0.717) is 45.6 Å². The van der Waals surface area contributed by atoms with Gasteiger partial charge in [-0.3, -0.25) is 4.90 Å². The van der Waals surface area contributed by atoms with Crippen LogP contribution in [0.5, 0.6) is 0 Å². The van der Waals surface area contributed by atoms with E-state index in [1.807, 2.05) is 0 Å². The fraction of sp³-hybridized carbons (Fsp3) is 0.917. The zero-order valence-electron chi connectivity index (χ0n) is 11.1. The van der Waals surface area contributed by atoms with E-state index in [9.17, 15) is 0 Å².